The molecule has 0 saturated carbocycles. The topological polar surface area (TPSA) is 83.0 Å². The normalized spacial score (nSPS) is 13.6. The average Bonchev–Trinajstić information content (AvgIpc) is 2.61. The number of nitrogens with zero attached hydrogens (tertiary/aromatic N) is 1. The van der Waals surface area contributed by atoms with Gasteiger partial charge in [0, 0.05) is 35.0 Å². The summed E-state index contributed by atoms with van der Waals surface area (Å²) in [6, 6.07) is 5.15. The lowest BCUT2D eigenvalue weighted by Gasteiger charge is -2.23. The maximum Gasteiger partial charge on any atom is 0.139 e. The van der Waals surface area contributed by atoms with Crippen LogP contribution in [-0.4, -0.2) is 16.3 Å². The highest BCUT2D eigenvalue weighted by atomic mass is 19.1. The molecule has 1 heterocycles. The van der Waals surface area contributed by atoms with Gasteiger partial charge in [0.15, 0.2) is 0 Å². The SMILES string of the molecule is N=Cc1c(N)ccc2nc(-c3c(F)cc(O)cc3F)c3c(c12)CCCC3. The van der Waals surface area contributed by atoms with E-state index in [1.54, 1.807) is 12.1 Å². The van der Waals surface area contributed by atoms with Crippen molar-refractivity contribution in [1.82, 2.24) is 4.98 Å². The van der Waals surface area contributed by atoms with Crippen molar-refractivity contribution in [3.63, 3.8) is 0 Å². The van der Waals surface area contributed by atoms with Crippen molar-refractivity contribution >= 4 is 22.8 Å². The summed E-state index contributed by atoms with van der Waals surface area (Å²) in [6.45, 7) is 0. The Balaban J connectivity index is 2.13. The maximum absolute atomic E-state index is 14.5. The van der Waals surface area contributed by atoms with Crippen LogP contribution in [-0.2, 0) is 12.8 Å². The van der Waals surface area contributed by atoms with Crippen molar-refractivity contribution in [2.24, 2.45) is 0 Å². The number of nitrogen functional groups attached to an aromatic ring is 1. The van der Waals surface area contributed by atoms with Gasteiger partial charge in [-0.3, -0.25) is 0 Å². The molecule has 1 aliphatic carbocycles. The van der Waals surface area contributed by atoms with E-state index in [4.69, 9.17) is 11.1 Å². The van der Waals surface area contributed by atoms with Crippen LogP contribution in [0.5, 0.6) is 5.75 Å². The Hall–Kier alpha value is -3.02. The fourth-order valence-electron chi connectivity index (χ4n) is 3.81. The number of anilines is 1. The number of halogens is 2. The van der Waals surface area contributed by atoms with Crippen LogP contribution in [0.4, 0.5) is 14.5 Å². The van der Waals surface area contributed by atoms with Gasteiger partial charge >= 0.3 is 0 Å². The standard InChI is InChI=1S/C20H17F2N3O/c21-14-7-10(26)8-15(22)19(14)20-12-4-2-1-3-11(12)18-13(9-23)16(24)5-6-17(18)25-20/h5-9,23,26H,1-4,24H2. The number of nitrogens with one attached hydrogen (secondary N) is 1. The number of fused-ring (bicyclic) bond motifs is 3. The van der Waals surface area contributed by atoms with Gasteiger partial charge in [0.2, 0.25) is 0 Å². The van der Waals surface area contributed by atoms with Crippen LogP contribution >= 0.6 is 0 Å². The number of aromatic hydroxyl groups is 1. The van der Waals surface area contributed by atoms with Crippen LogP contribution in [0, 0.1) is 17.0 Å². The molecule has 0 radical (unpaired) electrons. The van der Waals surface area contributed by atoms with Gasteiger partial charge < -0.3 is 16.2 Å². The first-order valence-corrected chi connectivity index (χ1v) is 8.44. The van der Waals surface area contributed by atoms with Gasteiger partial charge in [-0.25, -0.2) is 13.8 Å². The van der Waals surface area contributed by atoms with E-state index >= 15 is 0 Å². The van der Waals surface area contributed by atoms with Crippen LogP contribution in [0.3, 0.4) is 0 Å². The molecule has 0 aliphatic heterocycles. The number of aryl methyl sites for hydroxylation is 1. The van der Waals surface area contributed by atoms with Crippen molar-refractivity contribution in [1.29, 1.82) is 5.41 Å². The zero-order valence-electron chi connectivity index (χ0n) is 13.9. The van der Waals surface area contributed by atoms with Gasteiger partial charge in [-0.2, -0.15) is 0 Å². The number of hydrogen-bond donors (Lipinski definition) is 3. The number of phenolic OH excluding ortho intramolecular Hbond substituents is 1. The summed E-state index contributed by atoms with van der Waals surface area (Å²) in [6.07, 6.45) is 4.46. The molecule has 4 nitrogen and oxygen atoms in total. The second kappa shape index (κ2) is 6.05. The van der Waals surface area contributed by atoms with Crippen LogP contribution in [0.25, 0.3) is 22.2 Å². The van der Waals surface area contributed by atoms with Gasteiger partial charge in [-0.15, -0.1) is 0 Å². The van der Waals surface area contributed by atoms with Crippen molar-refractivity contribution in [3.8, 4) is 17.0 Å². The molecule has 2 aromatic carbocycles. The zero-order valence-corrected chi connectivity index (χ0v) is 13.9. The Bertz CT molecular complexity index is 1040. The lowest BCUT2D eigenvalue weighted by molar-refractivity contribution is 0.461. The summed E-state index contributed by atoms with van der Waals surface area (Å²) >= 11 is 0. The quantitative estimate of drug-likeness (QED) is 0.473. The summed E-state index contributed by atoms with van der Waals surface area (Å²) in [7, 11) is 0. The predicted octanol–water partition coefficient (Wildman–Crippen LogP) is 4.34. The predicted molar refractivity (Wildman–Crippen MR) is 97.7 cm³/mol. The molecule has 0 saturated heterocycles. The zero-order chi connectivity index (χ0) is 18.4. The van der Waals surface area contributed by atoms with E-state index in [0.717, 1.165) is 47.9 Å². The highest BCUT2D eigenvalue weighted by Gasteiger charge is 2.25. The van der Waals surface area contributed by atoms with E-state index in [1.165, 1.54) is 6.21 Å². The minimum atomic E-state index is -0.843. The molecule has 4 rings (SSSR count). The van der Waals surface area contributed by atoms with E-state index in [9.17, 15) is 13.9 Å². The van der Waals surface area contributed by atoms with Crippen molar-refractivity contribution in [3.05, 3.63) is 52.6 Å². The molecular formula is C20H17F2N3O. The molecule has 0 amide bonds. The van der Waals surface area contributed by atoms with E-state index in [2.05, 4.69) is 4.98 Å². The third kappa shape index (κ3) is 2.41. The summed E-state index contributed by atoms with van der Waals surface area (Å²) in [5.74, 6) is -2.15. The number of hydrogen-bond acceptors (Lipinski definition) is 4. The minimum Gasteiger partial charge on any atom is -0.508 e. The summed E-state index contributed by atoms with van der Waals surface area (Å²) in [5.41, 5.74) is 9.43. The van der Waals surface area contributed by atoms with Crippen LogP contribution < -0.4 is 5.73 Å². The molecule has 0 spiro atoms. The van der Waals surface area contributed by atoms with E-state index in [-0.39, 0.29) is 11.3 Å². The molecule has 0 unspecified atom stereocenters. The van der Waals surface area contributed by atoms with E-state index < -0.39 is 17.4 Å². The molecular weight excluding hydrogens is 336 g/mol. The average molecular weight is 353 g/mol. The van der Waals surface area contributed by atoms with Crippen LogP contribution in [0.1, 0.15) is 29.5 Å². The summed E-state index contributed by atoms with van der Waals surface area (Å²) in [5, 5.41) is 17.9. The number of pyridine rings is 1. The van der Waals surface area contributed by atoms with Gasteiger partial charge in [0.25, 0.3) is 0 Å². The second-order valence-corrected chi connectivity index (χ2v) is 6.52. The highest BCUT2D eigenvalue weighted by Crippen LogP contribution is 2.39. The summed E-state index contributed by atoms with van der Waals surface area (Å²) < 4.78 is 29.0. The second-order valence-electron chi connectivity index (χ2n) is 6.52. The lowest BCUT2D eigenvalue weighted by Crippen LogP contribution is -2.10. The number of benzene rings is 2. The van der Waals surface area contributed by atoms with E-state index in [1.807, 2.05) is 0 Å². The first-order valence-electron chi connectivity index (χ1n) is 8.44. The van der Waals surface area contributed by atoms with Crippen molar-refractivity contribution < 1.29 is 13.9 Å². The third-order valence-corrected chi connectivity index (χ3v) is 4.95. The Morgan fingerprint density at radius 1 is 1.08 bits per heavy atom. The first kappa shape index (κ1) is 16.4. The molecule has 26 heavy (non-hydrogen) atoms. The van der Waals surface area contributed by atoms with Gasteiger partial charge in [0.05, 0.1) is 16.8 Å². The molecule has 3 aromatic rings. The Labute approximate surface area is 148 Å². The Morgan fingerprint density at radius 3 is 2.38 bits per heavy atom. The fourth-order valence-corrected chi connectivity index (χ4v) is 3.81. The maximum atomic E-state index is 14.5. The van der Waals surface area contributed by atoms with Crippen LogP contribution in [0.15, 0.2) is 24.3 Å². The third-order valence-electron chi connectivity index (χ3n) is 4.95. The first-order chi connectivity index (χ1) is 12.5. The molecule has 4 N–H and O–H groups in total. The minimum absolute atomic E-state index is 0.226. The molecule has 0 atom stereocenters. The molecule has 0 bridgehead atoms. The fraction of sp³-hybridized carbons (Fsp3) is 0.200. The largest absolute Gasteiger partial charge is 0.508 e. The Kier molecular flexibility index (Phi) is 3.83. The number of phenols is 1. The Morgan fingerprint density at radius 2 is 1.73 bits per heavy atom. The number of nitrogens with two attached hydrogens (primary N) is 1. The lowest BCUT2D eigenvalue weighted by atomic mass is 9.84. The van der Waals surface area contributed by atoms with Gasteiger partial charge in [-0.05, 0) is 48.9 Å². The highest BCUT2D eigenvalue weighted by molar-refractivity contribution is 6.05. The van der Waals surface area contributed by atoms with Crippen molar-refractivity contribution in [2.45, 2.75) is 25.7 Å². The van der Waals surface area contributed by atoms with Crippen LogP contribution in [0.2, 0.25) is 0 Å². The monoisotopic (exact) mass is 353 g/mol. The molecule has 6 heteroatoms. The van der Waals surface area contributed by atoms with Crippen molar-refractivity contribution in [2.75, 3.05) is 5.73 Å². The smallest absolute Gasteiger partial charge is 0.139 e. The number of rotatable bonds is 2. The van der Waals surface area contributed by atoms with Gasteiger partial charge in [0.1, 0.15) is 17.4 Å². The molecule has 132 valence electrons. The number of aromatic nitrogens is 1. The summed E-state index contributed by atoms with van der Waals surface area (Å²) in [4.78, 5) is 4.54. The molecule has 1 aromatic heterocycles. The van der Waals surface area contributed by atoms with E-state index in [0.29, 0.717) is 23.2 Å². The van der Waals surface area contributed by atoms with Gasteiger partial charge in [-0.1, -0.05) is 0 Å². The molecule has 1 aliphatic rings. The molecule has 0 fully saturated rings.